The van der Waals surface area contributed by atoms with Crippen molar-refractivity contribution >= 4 is 28.2 Å². The van der Waals surface area contributed by atoms with Gasteiger partial charge in [0.1, 0.15) is 12.0 Å². The summed E-state index contributed by atoms with van der Waals surface area (Å²) < 4.78 is 11.1. The number of hydrogen-bond donors (Lipinski definition) is 2. The van der Waals surface area contributed by atoms with Crippen LogP contribution in [0, 0.1) is 10.1 Å². The quantitative estimate of drug-likeness (QED) is 0.571. The summed E-state index contributed by atoms with van der Waals surface area (Å²) in [6, 6.07) is 0.868. The van der Waals surface area contributed by atoms with E-state index >= 15 is 0 Å². The largest absolute Gasteiger partial charge is 0.370 e. The predicted molar refractivity (Wildman–Crippen MR) is 80.9 cm³/mol. The summed E-state index contributed by atoms with van der Waals surface area (Å²) in [5.41, 5.74) is -0.159. The van der Waals surface area contributed by atoms with Crippen molar-refractivity contribution in [2.75, 3.05) is 23.9 Å². The number of carbonyl (C=O) groups is 1. The highest BCUT2D eigenvalue weighted by Crippen LogP contribution is 2.19. The van der Waals surface area contributed by atoms with E-state index in [4.69, 9.17) is 0 Å². The maximum atomic E-state index is 12.2. The number of nitrogens with one attached hydrogen (secondary N) is 2. The number of nitro groups is 1. The molecule has 2 unspecified atom stereocenters. The van der Waals surface area contributed by atoms with Crippen molar-refractivity contribution in [3.63, 3.8) is 0 Å². The van der Waals surface area contributed by atoms with E-state index in [0.717, 1.165) is 6.20 Å². The average molecular weight is 314 g/mol. The van der Waals surface area contributed by atoms with Gasteiger partial charge in [-0.25, -0.2) is 4.98 Å². The van der Waals surface area contributed by atoms with Crippen LogP contribution >= 0.6 is 0 Å². The van der Waals surface area contributed by atoms with Crippen molar-refractivity contribution in [3.05, 3.63) is 27.9 Å². The minimum atomic E-state index is -1.04. The third-order valence-electron chi connectivity index (χ3n) is 2.54. The molecular weight excluding hydrogens is 296 g/mol. The second-order valence-electron chi connectivity index (χ2n) is 4.49. The first kappa shape index (κ1) is 17.0. The molecule has 21 heavy (non-hydrogen) atoms. The number of rotatable bonds is 7. The van der Waals surface area contributed by atoms with Crippen LogP contribution in [0.3, 0.4) is 0 Å². The lowest BCUT2D eigenvalue weighted by atomic mass is 10.2. The van der Waals surface area contributed by atoms with Crippen LogP contribution in [0.15, 0.2) is 12.3 Å². The van der Waals surface area contributed by atoms with E-state index in [2.05, 4.69) is 15.6 Å². The molecule has 0 bridgehead atoms. The van der Waals surface area contributed by atoms with Gasteiger partial charge in [0, 0.05) is 41.5 Å². The fourth-order valence-electron chi connectivity index (χ4n) is 1.73. The maximum absolute atomic E-state index is 12.2. The third kappa shape index (κ3) is 5.10. The Morgan fingerprint density at radius 2 is 2.24 bits per heavy atom. The Morgan fingerprint density at radius 3 is 2.76 bits per heavy atom. The molecule has 9 heteroatoms. The van der Waals surface area contributed by atoms with E-state index in [1.165, 1.54) is 6.07 Å². The lowest BCUT2D eigenvalue weighted by molar-refractivity contribution is -0.385. The van der Waals surface area contributed by atoms with E-state index in [1.807, 2.05) is 6.92 Å². The maximum Gasteiger partial charge on any atom is 0.288 e. The first-order valence-corrected chi connectivity index (χ1v) is 8.07. The minimum absolute atomic E-state index is 0.0970. The van der Waals surface area contributed by atoms with Crippen molar-refractivity contribution in [2.24, 2.45) is 0 Å². The molecule has 2 N–H and O–H groups in total. The number of carbonyl (C=O) groups excluding carboxylic acids is 1. The average Bonchev–Trinajstić information content (AvgIpc) is 2.37. The van der Waals surface area contributed by atoms with Gasteiger partial charge >= 0.3 is 0 Å². The summed E-state index contributed by atoms with van der Waals surface area (Å²) >= 11 is 0. The van der Waals surface area contributed by atoms with Crippen LogP contribution in [-0.4, -0.2) is 44.6 Å². The molecule has 1 heterocycles. The van der Waals surface area contributed by atoms with E-state index in [0.29, 0.717) is 12.3 Å². The van der Waals surface area contributed by atoms with Crippen LogP contribution in [0.25, 0.3) is 0 Å². The lowest BCUT2D eigenvalue weighted by Gasteiger charge is -2.14. The molecule has 1 aromatic heterocycles. The van der Waals surface area contributed by atoms with Gasteiger partial charge in [-0.15, -0.1) is 0 Å². The Labute approximate surface area is 124 Å². The van der Waals surface area contributed by atoms with E-state index < -0.39 is 21.6 Å². The third-order valence-corrected chi connectivity index (χ3v) is 3.50. The zero-order chi connectivity index (χ0) is 16.0. The molecule has 0 aromatic carbocycles. The molecule has 0 saturated heterocycles. The van der Waals surface area contributed by atoms with Gasteiger partial charge in [-0.05, 0) is 13.8 Å². The molecule has 116 valence electrons. The van der Waals surface area contributed by atoms with E-state index in [1.54, 1.807) is 13.2 Å². The smallest absolute Gasteiger partial charge is 0.288 e. The van der Waals surface area contributed by atoms with Crippen LogP contribution in [0.2, 0.25) is 0 Å². The molecule has 0 aliphatic rings. The Morgan fingerprint density at radius 1 is 1.57 bits per heavy atom. The number of hydrogen-bond acceptors (Lipinski definition) is 6. The van der Waals surface area contributed by atoms with Crippen molar-refractivity contribution in [1.82, 2.24) is 10.3 Å². The second kappa shape index (κ2) is 7.67. The first-order chi connectivity index (χ1) is 9.85. The van der Waals surface area contributed by atoms with Crippen molar-refractivity contribution < 1.29 is 13.9 Å². The van der Waals surface area contributed by atoms with Crippen LogP contribution < -0.4 is 10.6 Å². The molecule has 0 fully saturated rings. The molecule has 1 aromatic rings. The zero-order valence-corrected chi connectivity index (χ0v) is 12.9. The highest BCUT2D eigenvalue weighted by atomic mass is 32.2. The van der Waals surface area contributed by atoms with E-state index in [9.17, 15) is 19.1 Å². The highest BCUT2D eigenvalue weighted by molar-refractivity contribution is 7.84. The molecule has 0 aliphatic heterocycles. The zero-order valence-electron chi connectivity index (χ0n) is 12.1. The Kier molecular flexibility index (Phi) is 6.22. The SMILES string of the molecule is CCNc1ncc([N+](=O)[O-])cc1C(=O)NC(C)CS(C)=O. The fourth-order valence-corrected chi connectivity index (χ4v) is 2.52. The molecule has 2 atom stereocenters. The number of anilines is 1. The Hall–Kier alpha value is -2.03. The summed E-state index contributed by atoms with van der Waals surface area (Å²) in [5, 5.41) is 16.3. The second-order valence-corrected chi connectivity index (χ2v) is 5.97. The number of pyridine rings is 1. The van der Waals surface area contributed by atoms with Gasteiger partial charge in [-0.3, -0.25) is 19.1 Å². The molecule has 0 aliphatic carbocycles. The molecule has 1 rings (SSSR count). The summed E-state index contributed by atoms with van der Waals surface area (Å²) in [6.07, 6.45) is 2.64. The van der Waals surface area contributed by atoms with Crippen molar-refractivity contribution in [3.8, 4) is 0 Å². The van der Waals surface area contributed by atoms with Crippen molar-refractivity contribution in [1.29, 1.82) is 0 Å². The number of aromatic nitrogens is 1. The Balaban J connectivity index is 3.01. The minimum Gasteiger partial charge on any atom is -0.370 e. The van der Waals surface area contributed by atoms with Gasteiger partial charge in [0.15, 0.2) is 0 Å². The summed E-state index contributed by atoms with van der Waals surface area (Å²) in [6.45, 7) is 4.07. The van der Waals surface area contributed by atoms with E-state index in [-0.39, 0.29) is 23.1 Å². The summed E-state index contributed by atoms with van der Waals surface area (Å²) in [7, 11) is -1.04. The molecule has 0 saturated carbocycles. The van der Waals surface area contributed by atoms with Gasteiger partial charge in [-0.2, -0.15) is 0 Å². The predicted octanol–water partition coefficient (Wildman–Crippen LogP) is 0.918. The van der Waals surface area contributed by atoms with Gasteiger partial charge in [0.25, 0.3) is 11.6 Å². The number of amides is 1. The Bertz CT molecular complexity index is 564. The molecule has 0 spiro atoms. The van der Waals surface area contributed by atoms with Crippen LogP contribution in [0.4, 0.5) is 11.5 Å². The van der Waals surface area contributed by atoms with Crippen molar-refractivity contribution in [2.45, 2.75) is 19.9 Å². The lowest BCUT2D eigenvalue weighted by Crippen LogP contribution is -2.36. The highest BCUT2D eigenvalue weighted by Gasteiger charge is 2.19. The molecule has 0 radical (unpaired) electrons. The molecular formula is C12H18N4O4S. The van der Waals surface area contributed by atoms with Gasteiger partial charge in [0.2, 0.25) is 0 Å². The topological polar surface area (TPSA) is 114 Å². The molecule has 1 amide bonds. The normalized spacial score (nSPS) is 13.3. The fraction of sp³-hybridized carbons (Fsp3) is 0.500. The number of nitrogens with zero attached hydrogens (tertiary/aromatic N) is 2. The summed E-state index contributed by atoms with van der Waals surface area (Å²) in [5.74, 6) is 0.107. The van der Waals surface area contributed by atoms with Gasteiger partial charge in [0.05, 0.1) is 10.5 Å². The summed E-state index contributed by atoms with van der Waals surface area (Å²) in [4.78, 5) is 26.3. The van der Waals surface area contributed by atoms with Gasteiger partial charge < -0.3 is 10.6 Å². The standard InChI is InChI=1S/C12H18N4O4S/c1-4-13-11-10(5-9(6-14-11)16(18)19)12(17)15-8(2)7-21(3)20/h5-6,8H,4,7H2,1-3H3,(H,13,14)(H,15,17). The van der Waals surface area contributed by atoms with Crippen LogP contribution in [0.5, 0.6) is 0 Å². The van der Waals surface area contributed by atoms with Crippen LogP contribution in [-0.2, 0) is 10.8 Å². The van der Waals surface area contributed by atoms with Gasteiger partial charge in [-0.1, -0.05) is 0 Å². The molecule has 8 nitrogen and oxygen atoms in total. The monoisotopic (exact) mass is 314 g/mol. The van der Waals surface area contributed by atoms with Crippen LogP contribution in [0.1, 0.15) is 24.2 Å². The first-order valence-electron chi connectivity index (χ1n) is 6.34.